The van der Waals surface area contributed by atoms with Gasteiger partial charge < -0.3 is 15.0 Å². The standard InChI is InChI=1S/C23H28N2O3/c1-16-15-28-14-13-25(16)22(27)18-7-11-20(12-8-18)24-21(26)17-5-9-19(10-6-17)23(2,3)4/h5-12,16H,13-15H2,1-4H3,(H,24,26). The van der Waals surface area contributed by atoms with Crippen molar-refractivity contribution in [2.24, 2.45) is 0 Å². The van der Waals surface area contributed by atoms with Crippen LogP contribution in [0.15, 0.2) is 48.5 Å². The van der Waals surface area contributed by atoms with Crippen LogP contribution in [0.3, 0.4) is 0 Å². The fourth-order valence-corrected chi connectivity index (χ4v) is 3.22. The molecule has 2 aromatic rings. The number of hydrogen-bond acceptors (Lipinski definition) is 3. The second-order valence-corrected chi connectivity index (χ2v) is 8.28. The highest BCUT2D eigenvalue weighted by molar-refractivity contribution is 6.04. The van der Waals surface area contributed by atoms with Crippen LogP contribution in [0.2, 0.25) is 0 Å². The first-order chi connectivity index (χ1) is 13.3. The number of nitrogens with one attached hydrogen (secondary N) is 1. The molecule has 1 fully saturated rings. The van der Waals surface area contributed by atoms with Gasteiger partial charge in [-0.05, 0) is 54.3 Å². The average molecular weight is 380 g/mol. The van der Waals surface area contributed by atoms with Gasteiger partial charge >= 0.3 is 0 Å². The lowest BCUT2D eigenvalue weighted by Crippen LogP contribution is -2.47. The summed E-state index contributed by atoms with van der Waals surface area (Å²) in [5.41, 5.74) is 3.12. The SMILES string of the molecule is CC1COCCN1C(=O)c1ccc(NC(=O)c2ccc(C(C)(C)C)cc2)cc1. The van der Waals surface area contributed by atoms with E-state index in [-0.39, 0.29) is 23.3 Å². The predicted octanol–water partition coefficient (Wildman–Crippen LogP) is 4.10. The molecule has 1 atom stereocenters. The van der Waals surface area contributed by atoms with E-state index >= 15 is 0 Å². The number of nitrogens with zero attached hydrogens (tertiary/aromatic N) is 1. The highest BCUT2D eigenvalue weighted by Crippen LogP contribution is 2.22. The summed E-state index contributed by atoms with van der Waals surface area (Å²) < 4.78 is 5.39. The number of morpholine rings is 1. The molecule has 3 rings (SSSR count). The van der Waals surface area contributed by atoms with Crippen LogP contribution in [0.1, 0.15) is 54.0 Å². The lowest BCUT2D eigenvalue weighted by atomic mass is 9.87. The Labute approximate surface area is 166 Å². The maximum atomic E-state index is 12.7. The first-order valence-electron chi connectivity index (χ1n) is 9.66. The molecule has 2 amide bonds. The molecular weight excluding hydrogens is 352 g/mol. The van der Waals surface area contributed by atoms with E-state index in [9.17, 15) is 9.59 Å². The predicted molar refractivity (Wildman–Crippen MR) is 111 cm³/mol. The number of ether oxygens (including phenoxy) is 1. The molecule has 1 aliphatic rings. The molecule has 1 saturated heterocycles. The minimum Gasteiger partial charge on any atom is -0.377 e. The molecule has 1 heterocycles. The van der Waals surface area contributed by atoms with Crippen LogP contribution in [0.25, 0.3) is 0 Å². The van der Waals surface area contributed by atoms with Gasteiger partial charge in [-0.3, -0.25) is 9.59 Å². The number of rotatable bonds is 3. The second kappa shape index (κ2) is 8.15. The normalized spacial score (nSPS) is 17.3. The van der Waals surface area contributed by atoms with Gasteiger partial charge in [-0.1, -0.05) is 32.9 Å². The Morgan fingerprint density at radius 2 is 1.61 bits per heavy atom. The zero-order valence-electron chi connectivity index (χ0n) is 17.0. The van der Waals surface area contributed by atoms with Crippen molar-refractivity contribution >= 4 is 17.5 Å². The van der Waals surface area contributed by atoms with E-state index in [0.29, 0.717) is 36.6 Å². The van der Waals surface area contributed by atoms with Gasteiger partial charge in [-0.15, -0.1) is 0 Å². The van der Waals surface area contributed by atoms with E-state index in [1.165, 1.54) is 5.56 Å². The van der Waals surface area contributed by atoms with Crippen LogP contribution in [0.5, 0.6) is 0 Å². The fraction of sp³-hybridized carbons (Fsp3) is 0.391. The van der Waals surface area contributed by atoms with Crippen LogP contribution in [-0.4, -0.2) is 42.5 Å². The maximum absolute atomic E-state index is 12.7. The topological polar surface area (TPSA) is 58.6 Å². The molecular formula is C23H28N2O3. The molecule has 2 aromatic carbocycles. The van der Waals surface area contributed by atoms with Crippen LogP contribution < -0.4 is 5.32 Å². The molecule has 0 bridgehead atoms. The Morgan fingerprint density at radius 3 is 2.18 bits per heavy atom. The third-order valence-corrected chi connectivity index (χ3v) is 5.03. The van der Waals surface area contributed by atoms with Crippen molar-refractivity contribution in [1.82, 2.24) is 4.90 Å². The van der Waals surface area contributed by atoms with Gasteiger partial charge in [0.25, 0.3) is 11.8 Å². The Balaban J connectivity index is 1.65. The Hall–Kier alpha value is -2.66. The number of carbonyl (C=O) groups is 2. The van der Waals surface area contributed by atoms with Gasteiger partial charge in [0.15, 0.2) is 0 Å². The minimum absolute atomic E-state index is 0.00792. The van der Waals surface area contributed by atoms with Crippen LogP contribution >= 0.6 is 0 Å². The molecule has 1 unspecified atom stereocenters. The average Bonchev–Trinajstić information content (AvgIpc) is 2.68. The summed E-state index contributed by atoms with van der Waals surface area (Å²) in [4.78, 5) is 27.0. The van der Waals surface area contributed by atoms with E-state index in [1.54, 1.807) is 24.3 Å². The fourth-order valence-electron chi connectivity index (χ4n) is 3.22. The van der Waals surface area contributed by atoms with Crippen molar-refractivity contribution in [2.45, 2.75) is 39.2 Å². The summed E-state index contributed by atoms with van der Waals surface area (Å²) >= 11 is 0. The summed E-state index contributed by atoms with van der Waals surface area (Å²) in [5.74, 6) is -0.173. The van der Waals surface area contributed by atoms with Crippen LogP contribution in [0, 0.1) is 0 Å². The van der Waals surface area contributed by atoms with Crippen LogP contribution in [0.4, 0.5) is 5.69 Å². The van der Waals surface area contributed by atoms with Crippen LogP contribution in [-0.2, 0) is 10.2 Å². The van der Waals surface area contributed by atoms with Crippen molar-refractivity contribution in [3.63, 3.8) is 0 Å². The molecule has 0 saturated carbocycles. The number of anilines is 1. The van der Waals surface area contributed by atoms with E-state index in [2.05, 4.69) is 26.1 Å². The third kappa shape index (κ3) is 4.60. The van der Waals surface area contributed by atoms with Gasteiger partial charge in [0.1, 0.15) is 0 Å². The summed E-state index contributed by atoms with van der Waals surface area (Å²) in [7, 11) is 0. The largest absolute Gasteiger partial charge is 0.377 e. The molecule has 1 N–H and O–H groups in total. The molecule has 5 nitrogen and oxygen atoms in total. The summed E-state index contributed by atoms with van der Waals surface area (Å²) in [6.45, 7) is 10.1. The van der Waals surface area contributed by atoms with E-state index in [1.807, 2.05) is 36.1 Å². The molecule has 0 spiro atoms. The zero-order valence-corrected chi connectivity index (χ0v) is 17.0. The van der Waals surface area contributed by atoms with E-state index in [4.69, 9.17) is 4.74 Å². The second-order valence-electron chi connectivity index (χ2n) is 8.28. The zero-order chi connectivity index (χ0) is 20.3. The molecule has 1 aliphatic heterocycles. The summed E-state index contributed by atoms with van der Waals surface area (Å²) in [5, 5.41) is 2.89. The summed E-state index contributed by atoms with van der Waals surface area (Å²) in [6, 6.07) is 14.8. The van der Waals surface area contributed by atoms with Gasteiger partial charge in [0.05, 0.1) is 19.3 Å². The Kier molecular flexibility index (Phi) is 5.84. The van der Waals surface area contributed by atoms with Crippen molar-refractivity contribution in [1.29, 1.82) is 0 Å². The first-order valence-corrected chi connectivity index (χ1v) is 9.66. The molecule has 148 valence electrons. The Morgan fingerprint density at radius 1 is 1.00 bits per heavy atom. The highest BCUT2D eigenvalue weighted by Gasteiger charge is 2.24. The van der Waals surface area contributed by atoms with Gasteiger partial charge in [0.2, 0.25) is 0 Å². The lowest BCUT2D eigenvalue weighted by Gasteiger charge is -2.33. The molecule has 0 aromatic heterocycles. The van der Waals surface area contributed by atoms with E-state index < -0.39 is 0 Å². The number of benzene rings is 2. The monoisotopic (exact) mass is 380 g/mol. The highest BCUT2D eigenvalue weighted by atomic mass is 16.5. The van der Waals surface area contributed by atoms with Crippen molar-refractivity contribution in [2.75, 3.05) is 25.1 Å². The third-order valence-electron chi connectivity index (χ3n) is 5.03. The smallest absolute Gasteiger partial charge is 0.255 e. The van der Waals surface area contributed by atoms with Crippen molar-refractivity contribution in [3.05, 3.63) is 65.2 Å². The van der Waals surface area contributed by atoms with Gasteiger partial charge in [0, 0.05) is 23.4 Å². The molecule has 28 heavy (non-hydrogen) atoms. The number of amides is 2. The maximum Gasteiger partial charge on any atom is 0.255 e. The van der Waals surface area contributed by atoms with Gasteiger partial charge in [-0.25, -0.2) is 0 Å². The lowest BCUT2D eigenvalue weighted by molar-refractivity contribution is 0.00359. The molecule has 0 aliphatic carbocycles. The van der Waals surface area contributed by atoms with Crippen molar-refractivity contribution in [3.8, 4) is 0 Å². The molecule has 5 heteroatoms. The minimum atomic E-state index is -0.165. The number of hydrogen-bond donors (Lipinski definition) is 1. The van der Waals surface area contributed by atoms with Gasteiger partial charge in [-0.2, -0.15) is 0 Å². The molecule has 0 radical (unpaired) electrons. The Bertz CT molecular complexity index is 836. The number of carbonyl (C=O) groups excluding carboxylic acids is 2. The van der Waals surface area contributed by atoms with Crippen molar-refractivity contribution < 1.29 is 14.3 Å². The summed E-state index contributed by atoms with van der Waals surface area (Å²) in [6.07, 6.45) is 0. The first kappa shape index (κ1) is 20.1. The van der Waals surface area contributed by atoms with E-state index in [0.717, 1.165) is 0 Å². The quantitative estimate of drug-likeness (QED) is 0.872.